The molecule has 0 atom stereocenters. The Bertz CT molecular complexity index is 412. The summed E-state index contributed by atoms with van der Waals surface area (Å²) in [5, 5.41) is 4.02. The van der Waals surface area contributed by atoms with Crippen LogP contribution in [-0.4, -0.2) is 53.8 Å². The fourth-order valence-electron chi connectivity index (χ4n) is 1.46. The van der Waals surface area contributed by atoms with Crippen LogP contribution in [0.5, 0.6) is 0 Å². The van der Waals surface area contributed by atoms with Crippen molar-refractivity contribution in [1.82, 2.24) is 15.5 Å². The van der Waals surface area contributed by atoms with Crippen molar-refractivity contribution in [1.29, 1.82) is 0 Å². The maximum Gasteiger partial charge on any atom is 0.325 e. The number of hydrogen-bond acceptors (Lipinski definition) is 4. The molecule has 0 aromatic rings. The van der Waals surface area contributed by atoms with Crippen LogP contribution in [0.2, 0.25) is 0 Å². The molecule has 7 nitrogen and oxygen atoms in total. The monoisotopic (exact) mass is 278 g/mol. The molecule has 1 saturated heterocycles. The Labute approximate surface area is 108 Å². The molecule has 4 N–H and O–H groups in total. The van der Waals surface area contributed by atoms with Gasteiger partial charge in [-0.3, -0.25) is 14.9 Å². The second-order valence-corrected chi connectivity index (χ2v) is 4.74. The van der Waals surface area contributed by atoms with Gasteiger partial charge in [0.1, 0.15) is 12.1 Å². The zero-order valence-corrected chi connectivity index (χ0v) is 10.6. The van der Waals surface area contributed by atoms with Gasteiger partial charge in [-0.05, 0) is 13.8 Å². The van der Waals surface area contributed by atoms with E-state index in [4.69, 9.17) is 5.73 Å². The summed E-state index contributed by atoms with van der Waals surface area (Å²) >= 11 is 0. The van der Waals surface area contributed by atoms with E-state index < -0.39 is 48.9 Å². The van der Waals surface area contributed by atoms with Crippen LogP contribution in [0.4, 0.5) is 13.6 Å². The highest BCUT2D eigenvalue weighted by Gasteiger charge is 2.46. The molecular weight excluding hydrogens is 262 g/mol. The first kappa shape index (κ1) is 15.3. The number of imide groups is 1. The minimum Gasteiger partial charge on any atom is -0.348 e. The predicted octanol–water partition coefficient (Wildman–Crippen LogP) is -0.973. The molecule has 0 bridgehead atoms. The van der Waals surface area contributed by atoms with E-state index in [0.717, 1.165) is 4.90 Å². The second kappa shape index (κ2) is 5.08. The molecular formula is C10H16F2N4O3. The van der Waals surface area contributed by atoms with Gasteiger partial charge in [0.25, 0.3) is 11.8 Å². The van der Waals surface area contributed by atoms with Crippen molar-refractivity contribution >= 4 is 17.8 Å². The minimum absolute atomic E-state index is 0.481. The number of urea groups is 1. The smallest absolute Gasteiger partial charge is 0.325 e. The highest BCUT2D eigenvalue weighted by atomic mass is 19.3. The maximum atomic E-state index is 12.8. The Morgan fingerprint density at radius 3 is 2.47 bits per heavy atom. The van der Waals surface area contributed by atoms with Gasteiger partial charge in [0, 0.05) is 0 Å². The number of halogens is 2. The molecule has 0 aromatic heterocycles. The van der Waals surface area contributed by atoms with Crippen LogP contribution >= 0.6 is 0 Å². The molecule has 9 heteroatoms. The molecule has 0 unspecified atom stereocenters. The van der Waals surface area contributed by atoms with E-state index in [1.54, 1.807) is 0 Å². The van der Waals surface area contributed by atoms with Gasteiger partial charge in [0.15, 0.2) is 0 Å². The van der Waals surface area contributed by atoms with Crippen LogP contribution < -0.4 is 16.4 Å². The third kappa shape index (κ3) is 3.37. The van der Waals surface area contributed by atoms with Crippen molar-refractivity contribution in [3.63, 3.8) is 0 Å². The molecule has 0 aromatic carbocycles. The van der Waals surface area contributed by atoms with Crippen molar-refractivity contribution in [2.45, 2.75) is 25.3 Å². The number of carbonyl (C=O) groups is 3. The number of carbonyl (C=O) groups excluding carboxylic acids is 3. The van der Waals surface area contributed by atoms with Crippen LogP contribution in [0.3, 0.4) is 0 Å². The zero-order chi connectivity index (χ0) is 14.8. The Kier molecular flexibility index (Phi) is 4.09. The van der Waals surface area contributed by atoms with Gasteiger partial charge in [-0.15, -0.1) is 0 Å². The summed E-state index contributed by atoms with van der Waals surface area (Å²) in [6.45, 7) is 0.628. The highest BCUT2D eigenvalue weighted by Crippen LogP contribution is 2.20. The lowest BCUT2D eigenvalue weighted by atomic mass is 10.0. The largest absolute Gasteiger partial charge is 0.348 e. The van der Waals surface area contributed by atoms with Gasteiger partial charge >= 0.3 is 6.03 Å². The summed E-state index contributed by atoms with van der Waals surface area (Å²) in [5.74, 6) is -4.53. The van der Waals surface area contributed by atoms with Crippen LogP contribution in [0.1, 0.15) is 13.8 Å². The molecule has 19 heavy (non-hydrogen) atoms. The predicted molar refractivity (Wildman–Crippen MR) is 61.3 cm³/mol. The first-order valence-electron chi connectivity index (χ1n) is 5.58. The SMILES string of the molecule is CC1(C)C(=O)NC(=O)N1CC(=O)NCC(F)(F)CN. The fourth-order valence-corrected chi connectivity index (χ4v) is 1.46. The summed E-state index contributed by atoms with van der Waals surface area (Å²) in [6, 6.07) is -0.726. The van der Waals surface area contributed by atoms with Gasteiger partial charge < -0.3 is 16.0 Å². The third-order valence-electron chi connectivity index (χ3n) is 2.84. The second-order valence-electron chi connectivity index (χ2n) is 4.74. The number of nitrogens with zero attached hydrogens (tertiary/aromatic N) is 1. The summed E-state index contributed by atoms with van der Waals surface area (Å²) in [5.41, 5.74) is 3.63. The molecule has 0 radical (unpaired) electrons. The van der Waals surface area contributed by atoms with Crippen molar-refractivity contribution < 1.29 is 23.2 Å². The Balaban J connectivity index is 2.58. The number of hydrogen-bond donors (Lipinski definition) is 3. The molecule has 1 fully saturated rings. The number of alkyl halides is 2. The molecule has 108 valence electrons. The fraction of sp³-hybridized carbons (Fsp3) is 0.700. The van der Waals surface area contributed by atoms with Gasteiger partial charge in [0.2, 0.25) is 5.91 Å². The van der Waals surface area contributed by atoms with E-state index in [9.17, 15) is 23.2 Å². The van der Waals surface area contributed by atoms with Gasteiger partial charge in [0.05, 0.1) is 13.1 Å². The van der Waals surface area contributed by atoms with Crippen LogP contribution in [0.25, 0.3) is 0 Å². The lowest BCUT2D eigenvalue weighted by Crippen LogP contribution is -2.50. The van der Waals surface area contributed by atoms with E-state index in [1.807, 2.05) is 10.6 Å². The van der Waals surface area contributed by atoms with Crippen molar-refractivity contribution in [2.75, 3.05) is 19.6 Å². The number of nitrogens with one attached hydrogen (secondary N) is 2. The van der Waals surface area contributed by atoms with E-state index in [1.165, 1.54) is 13.8 Å². The molecule has 1 aliphatic rings. The van der Waals surface area contributed by atoms with Crippen molar-refractivity contribution in [2.24, 2.45) is 5.73 Å². The summed E-state index contributed by atoms with van der Waals surface area (Å²) < 4.78 is 25.7. The Morgan fingerprint density at radius 1 is 1.47 bits per heavy atom. The Hall–Kier alpha value is -1.77. The van der Waals surface area contributed by atoms with E-state index in [0.29, 0.717) is 0 Å². The Morgan fingerprint density at radius 2 is 2.05 bits per heavy atom. The number of nitrogens with two attached hydrogens (primary N) is 1. The average Bonchev–Trinajstić information content (AvgIpc) is 2.50. The van der Waals surface area contributed by atoms with Gasteiger partial charge in [-0.2, -0.15) is 0 Å². The molecule has 0 saturated carbocycles. The quantitative estimate of drug-likeness (QED) is 0.562. The van der Waals surface area contributed by atoms with Crippen LogP contribution in [-0.2, 0) is 9.59 Å². The molecule has 1 heterocycles. The zero-order valence-electron chi connectivity index (χ0n) is 10.6. The summed E-state index contributed by atoms with van der Waals surface area (Å²) in [7, 11) is 0. The van der Waals surface area contributed by atoms with E-state index in [2.05, 4.69) is 0 Å². The lowest BCUT2D eigenvalue weighted by Gasteiger charge is -2.27. The van der Waals surface area contributed by atoms with Crippen LogP contribution in [0, 0.1) is 0 Å². The first-order valence-corrected chi connectivity index (χ1v) is 5.58. The molecule has 1 rings (SSSR count). The van der Waals surface area contributed by atoms with Gasteiger partial charge in [-0.25, -0.2) is 13.6 Å². The average molecular weight is 278 g/mol. The van der Waals surface area contributed by atoms with E-state index >= 15 is 0 Å². The summed E-state index contributed by atoms with van der Waals surface area (Å²) in [4.78, 5) is 35.3. The maximum absolute atomic E-state index is 12.8. The highest BCUT2D eigenvalue weighted by molar-refractivity contribution is 6.07. The number of amides is 4. The standard InChI is InChI=1S/C10H16F2N4O3/c1-9(2)7(18)15-8(19)16(9)3-6(17)14-5-10(11,12)4-13/h3-5,13H2,1-2H3,(H,14,17)(H,15,18,19). The van der Waals surface area contributed by atoms with Crippen molar-refractivity contribution in [3.05, 3.63) is 0 Å². The molecule has 0 aliphatic carbocycles. The molecule has 0 spiro atoms. The lowest BCUT2D eigenvalue weighted by molar-refractivity contribution is -0.127. The normalized spacial score (nSPS) is 18.5. The van der Waals surface area contributed by atoms with Crippen molar-refractivity contribution in [3.8, 4) is 0 Å². The topological polar surface area (TPSA) is 105 Å². The third-order valence-corrected chi connectivity index (χ3v) is 2.84. The minimum atomic E-state index is -3.20. The number of rotatable bonds is 5. The van der Waals surface area contributed by atoms with Crippen LogP contribution in [0.15, 0.2) is 0 Å². The van der Waals surface area contributed by atoms with Gasteiger partial charge in [-0.1, -0.05) is 0 Å². The molecule has 4 amide bonds. The molecule has 1 aliphatic heterocycles. The summed E-state index contributed by atoms with van der Waals surface area (Å²) in [6.07, 6.45) is 0. The first-order chi connectivity index (χ1) is 8.60. The van der Waals surface area contributed by atoms with E-state index in [-0.39, 0.29) is 0 Å².